The van der Waals surface area contributed by atoms with Gasteiger partial charge in [-0.05, 0) is 24.5 Å². The summed E-state index contributed by atoms with van der Waals surface area (Å²) in [6.07, 6.45) is 7.62. The molecule has 1 nitrogen and oxygen atoms in total. The van der Waals surface area contributed by atoms with Crippen LogP contribution in [0.1, 0.15) is 25.7 Å². The van der Waals surface area contributed by atoms with E-state index in [4.69, 9.17) is 0 Å². The average Bonchev–Trinajstić information content (AvgIpc) is 2.16. The number of hydrogen-bond acceptors (Lipinski definition) is 2. The summed E-state index contributed by atoms with van der Waals surface area (Å²) in [4.78, 5) is 0. The van der Waals surface area contributed by atoms with E-state index in [9.17, 15) is 0 Å². The largest absolute Gasteiger partial charge is 0.267 e. The van der Waals surface area contributed by atoms with Crippen molar-refractivity contribution in [2.45, 2.75) is 31.1 Å². The highest BCUT2D eigenvalue weighted by molar-refractivity contribution is 7.96. The van der Waals surface area contributed by atoms with Crippen LogP contribution >= 0.6 is 11.9 Å². The van der Waals surface area contributed by atoms with Crippen LogP contribution in [0.4, 0.5) is 0 Å². The Bertz CT molecular complexity index is 91.1. The van der Waals surface area contributed by atoms with Crippen molar-refractivity contribution in [1.82, 2.24) is 4.72 Å². The van der Waals surface area contributed by atoms with E-state index in [1.807, 2.05) is 0 Å². The Kier molecular flexibility index (Phi) is 2.47. The zero-order valence-electron chi connectivity index (χ0n) is 6.24. The van der Waals surface area contributed by atoms with Crippen LogP contribution in [0, 0.1) is 0 Å². The maximum Gasteiger partial charge on any atom is 0.128 e. The Morgan fingerprint density at radius 1 is 1.44 bits per heavy atom. The van der Waals surface area contributed by atoms with Crippen molar-refractivity contribution in [2.75, 3.05) is 6.26 Å². The second kappa shape index (κ2) is 2.97. The summed E-state index contributed by atoms with van der Waals surface area (Å²) in [5.41, 5.74) is 0.458. The van der Waals surface area contributed by atoms with E-state index in [0.29, 0.717) is 5.44 Å². The van der Waals surface area contributed by atoms with E-state index in [-0.39, 0.29) is 0 Å². The van der Waals surface area contributed by atoms with Crippen molar-refractivity contribution in [3.63, 3.8) is 0 Å². The molecule has 0 saturated heterocycles. The molecular weight excluding hydrogens is 129 g/mol. The van der Waals surface area contributed by atoms with Crippen molar-refractivity contribution in [2.24, 2.45) is 0 Å². The number of hydrogen-bond donors (Lipinski definition) is 1. The predicted octanol–water partition coefficient (Wildman–Crippen LogP) is 0.757. The van der Waals surface area contributed by atoms with Gasteiger partial charge in [-0.15, -0.1) is 0 Å². The normalized spacial score (nSPS) is 24.6. The Morgan fingerprint density at radius 2 is 2.00 bits per heavy atom. The van der Waals surface area contributed by atoms with E-state index < -0.39 is 0 Å². The van der Waals surface area contributed by atoms with Crippen molar-refractivity contribution >= 4 is 19.8 Å². The van der Waals surface area contributed by atoms with Gasteiger partial charge in [-0.1, -0.05) is 24.8 Å². The van der Waals surface area contributed by atoms with Gasteiger partial charge < -0.3 is 0 Å². The maximum absolute atomic E-state index is 3.44. The molecule has 1 aliphatic rings. The Balaban J connectivity index is 2.32. The van der Waals surface area contributed by atoms with Gasteiger partial charge in [-0.2, -0.15) is 0 Å². The molecule has 0 unspecified atom stereocenters. The molecule has 1 saturated carbocycles. The van der Waals surface area contributed by atoms with Crippen LogP contribution in [0.5, 0.6) is 0 Å². The fourth-order valence-electron chi connectivity index (χ4n) is 1.50. The predicted molar refractivity (Wildman–Crippen MR) is 46.4 cm³/mol. The number of rotatable bonds is 2. The molecule has 52 valence electrons. The minimum atomic E-state index is 0.458. The van der Waals surface area contributed by atoms with E-state index in [1.165, 1.54) is 25.7 Å². The van der Waals surface area contributed by atoms with Crippen LogP contribution < -0.4 is 4.72 Å². The summed E-state index contributed by atoms with van der Waals surface area (Å²) in [7, 11) is 2.32. The van der Waals surface area contributed by atoms with Gasteiger partial charge in [0.15, 0.2) is 0 Å². The lowest BCUT2D eigenvalue weighted by molar-refractivity contribution is 0.581. The Morgan fingerprint density at radius 3 is 2.44 bits per heavy atom. The summed E-state index contributed by atoms with van der Waals surface area (Å²) in [6, 6.07) is 0. The molecule has 0 spiro atoms. The first kappa shape index (κ1) is 7.48. The van der Waals surface area contributed by atoms with Gasteiger partial charge in [0, 0.05) is 0 Å². The van der Waals surface area contributed by atoms with Crippen LogP contribution in [-0.4, -0.2) is 19.5 Å². The standard InChI is InChI=1S/C6H14BNS/c1-9-8-6(7)4-2-3-5-6/h8H,2-5,7H2,1H3. The molecule has 1 aliphatic carbocycles. The molecule has 1 fully saturated rings. The molecule has 0 amide bonds. The molecule has 0 aromatic rings. The Hall–Kier alpha value is 0.375. The summed E-state index contributed by atoms with van der Waals surface area (Å²) in [6.45, 7) is 0. The summed E-state index contributed by atoms with van der Waals surface area (Å²) < 4.78 is 3.44. The smallest absolute Gasteiger partial charge is 0.128 e. The van der Waals surface area contributed by atoms with Crippen LogP contribution in [0.25, 0.3) is 0 Å². The lowest BCUT2D eigenvalue weighted by atomic mass is 9.77. The van der Waals surface area contributed by atoms with E-state index in [0.717, 1.165) is 0 Å². The first-order chi connectivity index (χ1) is 4.27. The fourth-order valence-corrected chi connectivity index (χ4v) is 2.20. The third kappa shape index (κ3) is 1.90. The van der Waals surface area contributed by atoms with Gasteiger partial charge in [-0.3, -0.25) is 4.72 Å². The zero-order valence-corrected chi connectivity index (χ0v) is 7.05. The third-order valence-electron chi connectivity index (χ3n) is 2.06. The molecule has 0 aromatic heterocycles. The van der Waals surface area contributed by atoms with E-state index in [1.54, 1.807) is 11.9 Å². The van der Waals surface area contributed by atoms with Crippen LogP contribution in [-0.2, 0) is 0 Å². The molecule has 1 N–H and O–H groups in total. The van der Waals surface area contributed by atoms with Gasteiger partial charge >= 0.3 is 0 Å². The van der Waals surface area contributed by atoms with Gasteiger partial charge in [-0.25, -0.2) is 0 Å². The van der Waals surface area contributed by atoms with Gasteiger partial charge in [0.2, 0.25) is 0 Å². The fraction of sp³-hybridized carbons (Fsp3) is 1.00. The lowest BCUT2D eigenvalue weighted by Gasteiger charge is -2.23. The van der Waals surface area contributed by atoms with E-state index in [2.05, 4.69) is 18.8 Å². The molecule has 0 aromatic carbocycles. The van der Waals surface area contributed by atoms with Crippen molar-refractivity contribution in [3.05, 3.63) is 0 Å². The highest BCUT2D eigenvalue weighted by atomic mass is 32.2. The quantitative estimate of drug-likeness (QED) is 0.452. The summed E-state index contributed by atoms with van der Waals surface area (Å²) in [5, 5.41) is 0. The minimum Gasteiger partial charge on any atom is -0.267 e. The number of nitrogens with one attached hydrogen (secondary N) is 1. The highest BCUT2D eigenvalue weighted by Crippen LogP contribution is 2.27. The summed E-state index contributed by atoms with van der Waals surface area (Å²) in [5.74, 6) is 0. The van der Waals surface area contributed by atoms with Crippen LogP contribution in [0.2, 0.25) is 0 Å². The minimum absolute atomic E-state index is 0.458. The molecule has 9 heavy (non-hydrogen) atoms. The van der Waals surface area contributed by atoms with Gasteiger partial charge in [0.1, 0.15) is 7.85 Å². The molecule has 0 atom stereocenters. The topological polar surface area (TPSA) is 12.0 Å². The van der Waals surface area contributed by atoms with Gasteiger partial charge in [0.05, 0.1) is 0 Å². The lowest BCUT2D eigenvalue weighted by Crippen LogP contribution is -2.38. The third-order valence-corrected chi connectivity index (χ3v) is 2.75. The Labute approximate surface area is 62.5 Å². The van der Waals surface area contributed by atoms with Crippen molar-refractivity contribution in [1.29, 1.82) is 0 Å². The molecular formula is C6H14BNS. The van der Waals surface area contributed by atoms with Gasteiger partial charge in [0.25, 0.3) is 0 Å². The average molecular weight is 143 g/mol. The first-order valence-electron chi connectivity index (χ1n) is 3.57. The first-order valence-corrected chi connectivity index (χ1v) is 4.79. The van der Waals surface area contributed by atoms with Crippen LogP contribution in [0.3, 0.4) is 0 Å². The summed E-state index contributed by atoms with van der Waals surface area (Å²) >= 11 is 1.75. The van der Waals surface area contributed by atoms with Crippen molar-refractivity contribution in [3.8, 4) is 0 Å². The van der Waals surface area contributed by atoms with Crippen LogP contribution in [0.15, 0.2) is 0 Å². The maximum atomic E-state index is 3.44. The second-order valence-electron chi connectivity index (χ2n) is 3.07. The molecule has 3 heteroatoms. The second-order valence-corrected chi connectivity index (χ2v) is 3.69. The highest BCUT2D eigenvalue weighted by Gasteiger charge is 2.27. The SMILES string of the molecule is BC1(NSC)CCCC1. The molecule has 0 aliphatic heterocycles. The molecule has 0 radical (unpaired) electrons. The molecule has 0 bridgehead atoms. The monoisotopic (exact) mass is 143 g/mol. The molecule has 0 heterocycles. The molecule has 1 rings (SSSR count). The van der Waals surface area contributed by atoms with E-state index >= 15 is 0 Å². The zero-order chi connectivity index (χ0) is 6.74. The van der Waals surface area contributed by atoms with Crippen molar-refractivity contribution < 1.29 is 0 Å².